The van der Waals surface area contributed by atoms with Gasteiger partial charge in [0.15, 0.2) is 0 Å². The van der Waals surface area contributed by atoms with Crippen LogP contribution in [-0.4, -0.2) is 36.3 Å². The largest absolute Gasteiger partial charge is 0.325 e. The van der Waals surface area contributed by atoms with E-state index in [1.165, 1.54) is 0 Å². The summed E-state index contributed by atoms with van der Waals surface area (Å²) in [5, 5.41) is 14.9. The van der Waals surface area contributed by atoms with Gasteiger partial charge in [0.2, 0.25) is 11.8 Å². The molecule has 8 heteroatoms. The Kier molecular flexibility index (Phi) is 7.19. The number of hydrogen-bond acceptors (Lipinski definition) is 4. The zero-order valence-electron chi connectivity index (χ0n) is 14.8. The van der Waals surface area contributed by atoms with Gasteiger partial charge in [0.25, 0.3) is 0 Å². The van der Waals surface area contributed by atoms with Crippen LogP contribution in [0.5, 0.6) is 0 Å². The molecule has 0 aliphatic heterocycles. The number of benzene rings is 2. The second kappa shape index (κ2) is 9.38. The van der Waals surface area contributed by atoms with Gasteiger partial charge in [-0.3, -0.25) is 14.5 Å². The molecule has 1 atom stereocenters. The molecule has 0 radical (unpaired) electrons. The first-order chi connectivity index (χ1) is 12.8. The predicted molar refractivity (Wildman–Crippen MR) is 107 cm³/mol. The third-order valence-corrected chi connectivity index (χ3v) is 4.57. The van der Waals surface area contributed by atoms with Gasteiger partial charge in [-0.1, -0.05) is 29.3 Å². The van der Waals surface area contributed by atoms with Gasteiger partial charge in [-0.05, 0) is 50.4 Å². The number of nitriles is 1. The summed E-state index contributed by atoms with van der Waals surface area (Å²) >= 11 is 12.1. The Hall–Kier alpha value is -2.59. The maximum absolute atomic E-state index is 12.4. The van der Waals surface area contributed by atoms with E-state index in [1.54, 1.807) is 61.3 Å². The van der Waals surface area contributed by atoms with Gasteiger partial charge in [-0.25, -0.2) is 0 Å². The van der Waals surface area contributed by atoms with E-state index in [-0.39, 0.29) is 18.4 Å². The molecule has 0 spiro atoms. The van der Waals surface area contributed by atoms with Crippen molar-refractivity contribution in [3.8, 4) is 6.07 Å². The monoisotopic (exact) mass is 404 g/mol. The zero-order chi connectivity index (χ0) is 20.0. The van der Waals surface area contributed by atoms with Crippen molar-refractivity contribution in [1.29, 1.82) is 5.26 Å². The molecule has 0 saturated heterocycles. The summed E-state index contributed by atoms with van der Waals surface area (Å²) < 4.78 is 0. The highest BCUT2D eigenvalue weighted by Gasteiger charge is 2.21. The Morgan fingerprint density at radius 1 is 1.11 bits per heavy atom. The number of likely N-dealkylation sites (N-methyl/N-ethyl adjacent to an activating group) is 1. The Labute approximate surface area is 167 Å². The van der Waals surface area contributed by atoms with Crippen molar-refractivity contribution in [1.82, 2.24) is 4.90 Å². The lowest BCUT2D eigenvalue weighted by Crippen LogP contribution is -2.43. The van der Waals surface area contributed by atoms with E-state index in [1.807, 2.05) is 6.07 Å². The van der Waals surface area contributed by atoms with Crippen LogP contribution in [-0.2, 0) is 9.59 Å². The first-order valence-corrected chi connectivity index (χ1v) is 8.82. The molecule has 2 amide bonds. The highest BCUT2D eigenvalue weighted by molar-refractivity contribution is 6.39. The molecule has 0 heterocycles. The van der Waals surface area contributed by atoms with Crippen molar-refractivity contribution < 1.29 is 9.59 Å². The average molecular weight is 405 g/mol. The molecular formula is C19H18Cl2N4O2. The van der Waals surface area contributed by atoms with E-state index in [0.717, 1.165) is 0 Å². The molecule has 2 aromatic rings. The lowest BCUT2D eigenvalue weighted by molar-refractivity contribution is -0.122. The first kappa shape index (κ1) is 20.7. The van der Waals surface area contributed by atoms with Crippen molar-refractivity contribution in [3.05, 3.63) is 58.1 Å². The number of carbonyl (C=O) groups excluding carboxylic acids is 2. The maximum Gasteiger partial charge on any atom is 0.241 e. The fourth-order valence-corrected chi connectivity index (χ4v) is 2.73. The second-order valence-electron chi connectivity index (χ2n) is 5.91. The highest BCUT2D eigenvalue weighted by atomic mass is 35.5. The minimum atomic E-state index is -0.562. The van der Waals surface area contributed by atoms with Crippen molar-refractivity contribution >= 4 is 46.4 Å². The number of nitrogens with zero attached hydrogens (tertiary/aromatic N) is 2. The van der Waals surface area contributed by atoms with Crippen LogP contribution in [0.25, 0.3) is 0 Å². The van der Waals surface area contributed by atoms with Gasteiger partial charge in [-0.2, -0.15) is 5.26 Å². The van der Waals surface area contributed by atoms with E-state index in [2.05, 4.69) is 10.6 Å². The van der Waals surface area contributed by atoms with Crippen LogP contribution in [0.15, 0.2) is 42.5 Å². The Morgan fingerprint density at radius 3 is 2.26 bits per heavy atom. The fraction of sp³-hybridized carbons (Fsp3) is 0.211. The number of carbonyl (C=O) groups is 2. The average Bonchev–Trinajstić information content (AvgIpc) is 2.64. The van der Waals surface area contributed by atoms with E-state index < -0.39 is 6.04 Å². The van der Waals surface area contributed by atoms with E-state index >= 15 is 0 Å². The second-order valence-corrected chi connectivity index (χ2v) is 6.73. The molecule has 2 N–H and O–H groups in total. The minimum Gasteiger partial charge on any atom is -0.325 e. The molecule has 27 heavy (non-hydrogen) atoms. The molecule has 140 valence electrons. The molecule has 0 aliphatic carbocycles. The number of para-hydroxylation sites is 1. The lowest BCUT2D eigenvalue weighted by Gasteiger charge is -2.23. The van der Waals surface area contributed by atoms with Gasteiger partial charge in [0.05, 0.1) is 40.0 Å². The van der Waals surface area contributed by atoms with Gasteiger partial charge in [0, 0.05) is 5.69 Å². The van der Waals surface area contributed by atoms with Crippen LogP contribution >= 0.6 is 23.2 Å². The van der Waals surface area contributed by atoms with Crippen molar-refractivity contribution in [3.63, 3.8) is 0 Å². The molecular weight excluding hydrogens is 387 g/mol. The van der Waals surface area contributed by atoms with E-state index in [4.69, 9.17) is 28.5 Å². The Morgan fingerprint density at radius 2 is 1.70 bits per heavy atom. The van der Waals surface area contributed by atoms with E-state index in [0.29, 0.717) is 27.0 Å². The summed E-state index contributed by atoms with van der Waals surface area (Å²) in [5.41, 5.74) is 1.42. The third kappa shape index (κ3) is 5.69. The van der Waals surface area contributed by atoms with Crippen molar-refractivity contribution in [2.24, 2.45) is 0 Å². The number of anilines is 2. The molecule has 2 rings (SSSR count). The van der Waals surface area contributed by atoms with Gasteiger partial charge >= 0.3 is 0 Å². The first-order valence-electron chi connectivity index (χ1n) is 8.07. The number of rotatable bonds is 6. The zero-order valence-corrected chi connectivity index (χ0v) is 16.3. The minimum absolute atomic E-state index is 0.0243. The summed E-state index contributed by atoms with van der Waals surface area (Å²) in [4.78, 5) is 26.2. The quantitative estimate of drug-likeness (QED) is 0.767. The van der Waals surface area contributed by atoms with Crippen LogP contribution < -0.4 is 10.6 Å². The topological polar surface area (TPSA) is 85.2 Å². The summed E-state index contributed by atoms with van der Waals surface area (Å²) in [7, 11) is 1.66. The number of halogens is 2. The molecule has 6 nitrogen and oxygen atoms in total. The molecule has 0 aromatic heterocycles. The van der Waals surface area contributed by atoms with Gasteiger partial charge < -0.3 is 10.6 Å². The maximum atomic E-state index is 12.4. The van der Waals surface area contributed by atoms with Crippen LogP contribution in [0.4, 0.5) is 11.4 Å². The SMILES string of the molecule is C[C@H](C(=O)Nc1ccc(C#N)cc1)N(C)CC(=O)Nc1c(Cl)cccc1Cl. The van der Waals surface area contributed by atoms with Crippen LogP contribution in [0.3, 0.4) is 0 Å². The summed E-state index contributed by atoms with van der Waals surface area (Å²) in [6.07, 6.45) is 0. The van der Waals surface area contributed by atoms with Gasteiger partial charge in [-0.15, -0.1) is 0 Å². The smallest absolute Gasteiger partial charge is 0.241 e. The Balaban J connectivity index is 1.93. The predicted octanol–water partition coefficient (Wildman–Crippen LogP) is 3.76. The van der Waals surface area contributed by atoms with Crippen LogP contribution in [0, 0.1) is 11.3 Å². The number of hydrogen-bond donors (Lipinski definition) is 2. The normalized spacial score (nSPS) is 11.6. The number of nitrogens with one attached hydrogen (secondary N) is 2. The summed E-state index contributed by atoms with van der Waals surface area (Å²) in [6.45, 7) is 1.66. The van der Waals surface area contributed by atoms with E-state index in [9.17, 15) is 9.59 Å². The van der Waals surface area contributed by atoms with Crippen LogP contribution in [0.1, 0.15) is 12.5 Å². The fourth-order valence-electron chi connectivity index (χ4n) is 2.23. The van der Waals surface area contributed by atoms with Crippen molar-refractivity contribution in [2.45, 2.75) is 13.0 Å². The Bertz CT molecular complexity index is 858. The lowest BCUT2D eigenvalue weighted by atomic mass is 10.2. The third-order valence-electron chi connectivity index (χ3n) is 3.94. The molecule has 0 bridgehead atoms. The van der Waals surface area contributed by atoms with Crippen molar-refractivity contribution in [2.75, 3.05) is 24.2 Å². The number of amides is 2. The molecule has 0 aliphatic rings. The highest BCUT2D eigenvalue weighted by Crippen LogP contribution is 2.29. The molecule has 0 unspecified atom stereocenters. The molecule has 2 aromatic carbocycles. The standard InChI is InChI=1S/C19H18Cl2N4O2/c1-12(19(27)23-14-8-6-13(10-22)7-9-14)25(2)11-17(26)24-18-15(20)4-3-5-16(18)21/h3-9,12H,11H2,1-2H3,(H,23,27)(H,24,26)/t12-/m1/s1. The van der Waals surface area contributed by atoms with Crippen LogP contribution in [0.2, 0.25) is 10.0 Å². The molecule has 0 saturated carbocycles. The summed E-state index contributed by atoms with van der Waals surface area (Å²) in [6, 6.07) is 12.9. The van der Waals surface area contributed by atoms with Gasteiger partial charge in [0.1, 0.15) is 0 Å². The molecule has 0 fully saturated rings. The summed E-state index contributed by atoms with van der Waals surface area (Å²) in [5.74, 6) is -0.615.